The zero-order valence-corrected chi connectivity index (χ0v) is 13.7. The Morgan fingerprint density at radius 2 is 2.33 bits per heavy atom. The molecular formula is C14H18N6O3S. The highest BCUT2D eigenvalue weighted by molar-refractivity contribution is 7.07. The Bertz CT molecular complexity index is 695. The van der Waals surface area contributed by atoms with Crippen LogP contribution in [0.2, 0.25) is 0 Å². The maximum atomic E-state index is 12.2. The van der Waals surface area contributed by atoms with E-state index in [4.69, 9.17) is 10.2 Å². The smallest absolute Gasteiger partial charge is 0.271 e. The Morgan fingerprint density at radius 1 is 1.46 bits per heavy atom. The maximum Gasteiger partial charge on any atom is 0.271 e. The van der Waals surface area contributed by atoms with Crippen molar-refractivity contribution in [3.63, 3.8) is 0 Å². The van der Waals surface area contributed by atoms with Crippen molar-refractivity contribution >= 4 is 23.2 Å². The van der Waals surface area contributed by atoms with Gasteiger partial charge in [0.25, 0.3) is 5.91 Å². The Hall–Kier alpha value is -2.33. The SMILES string of the molecule is NC(=O)C[C@H](NC(=O)c1cscn1)c1nnc([C@H]2CCCCN2)o1. The van der Waals surface area contributed by atoms with Crippen LogP contribution in [0.3, 0.4) is 0 Å². The van der Waals surface area contributed by atoms with Gasteiger partial charge in [-0.05, 0) is 19.4 Å². The number of hydrogen-bond donors (Lipinski definition) is 3. The predicted octanol–water partition coefficient (Wildman–Crippen LogP) is 0.687. The first-order valence-corrected chi connectivity index (χ1v) is 8.62. The summed E-state index contributed by atoms with van der Waals surface area (Å²) in [7, 11) is 0. The summed E-state index contributed by atoms with van der Waals surface area (Å²) < 4.78 is 5.68. The average molecular weight is 350 g/mol. The maximum absolute atomic E-state index is 12.2. The minimum Gasteiger partial charge on any atom is -0.421 e. The van der Waals surface area contributed by atoms with E-state index in [0.717, 1.165) is 25.8 Å². The van der Waals surface area contributed by atoms with E-state index >= 15 is 0 Å². The Morgan fingerprint density at radius 3 is 3.00 bits per heavy atom. The Balaban J connectivity index is 1.74. The van der Waals surface area contributed by atoms with E-state index < -0.39 is 17.9 Å². The molecule has 1 aliphatic heterocycles. The van der Waals surface area contributed by atoms with E-state index in [1.54, 1.807) is 10.9 Å². The molecule has 0 aliphatic carbocycles. The lowest BCUT2D eigenvalue weighted by Crippen LogP contribution is -2.32. The summed E-state index contributed by atoms with van der Waals surface area (Å²) in [4.78, 5) is 27.4. The van der Waals surface area contributed by atoms with Gasteiger partial charge in [-0.3, -0.25) is 9.59 Å². The third-order valence-corrected chi connectivity index (χ3v) is 4.32. The number of nitrogens with zero attached hydrogens (tertiary/aromatic N) is 3. The summed E-state index contributed by atoms with van der Waals surface area (Å²) in [5.74, 6) is -0.367. The number of amides is 2. The number of rotatable bonds is 6. The second-order valence-corrected chi connectivity index (χ2v) is 6.27. The van der Waals surface area contributed by atoms with E-state index in [2.05, 4.69) is 25.8 Å². The van der Waals surface area contributed by atoms with E-state index in [-0.39, 0.29) is 24.0 Å². The van der Waals surface area contributed by atoms with Gasteiger partial charge in [0, 0.05) is 5.38 Å². The van der Waals surface area contributed by atoms with Crippen LogP contribution in [0.15, 0.2) is 15.3 Å². The normalized spacial score (nSPS) is 18.9. The molecular weight excluding hydrogens is 332 g/mol. The first-order chi connectivity index (χ1) is 11.6. The minimum atomic E-state index is -0.776. The molecule has 0 bridgehead atoms. The van der Waals surface area contributed by atoms with E-state index in [9.17, 15) is 9.59 Å². The van der Waals surface area contributed by atoms with E-state index in [0.29, 0.717) is 5.89 Å². The summed E-state index contributed by atoms with van der Waals surface area (Å²) >= 11 is 1.30. The number of hydrogen-bond acceptors (Lipinski definition) is 8. The second-order valence-electron chi connectivity index (χ2n) is 5.55. The number of nitrogens with one attached hydrogen (secondary N) is 2. The highest BCUT2D eigenvalue weighted by Gasteiger charge is 2.27. The van der Waals surface area contributed by atoms with Crippen molar-refractivity contribution in [1.82, 2.24) is 25.8 Å². The second kappa shape index (κ2) is 7.49. The molecule has 2 aromatic rings. The van der Waals surface area contributed by atoms with Gasteiger partial charge in [0.2, 0.25) is 17.7 Å². The zero-order valence-electron chi connectivity index (χ0n) is 12.9. The quantitative estimate of drug-likeness (QED) is 0.697. The van der Waals surface area contributed by atoms with Gasteiger partial charge in [0.05, 0.1) is 18.0 Å². The average Bonchev–Trinajstić information content (AvgIpc) is 3.26. The number of primary amides is 1. The van der Waals surface area contributed by atoms with Crippen molar-refractivity contribution in [3.8, 4) is 0 Å². The van der Waals surface area contributed by atoms with Gasteiger partial charge >= 0.3 is 0 Å². The van der Waals surface area contributed by atoms with Crippen LogP contribution in [0.25, 0.3) is 0 Å². The number of nitrogens with two attached hydrogens (primary N) is 1. The highest BCUT2D eigenvalue weighted by atomic mass is 32.1. The summed E-state index contributed by atoms with van der Waals surface area (Å²) in [6.45, 7) is 0.896. The number of piperidine rings is 1. The number of thiazole rings is 1. The number of aromatic nitrogens is 3. The van der Waals surface area contributed by atoms with Gasteiger partial charge in [0.15, 0.2) is 0 Å². The molecule has 1 fully saturated rings. The van der Waals surface area contributed by atoms with Crippen LogP contribution in [0, 0.1) is 0 Å². The summed E-state index contributed by atoms with van der Waals surface area (Å²) in [5, 5.41) is 15.6. The molecule has 2 amide bonds. The van der Waals surface area contributed by atoms with Crippen LogP contribution in [0.4, 0.5) is 0 Å². The van der Waals surface area contributed by atoms with Crippen LogP contribution < -0.4 is 16.4 Å². The molecule has 3 rings (SSSR count). The van der Waals surface area contributed by atoms with Crippen LogP contribution in [-0.4, -0.2) is 33.5 Å². The van der Waals surface area contributed by atoms with Gasteiger partial charge in [-0.1, -0.05) is 6.42 Å². The molecule has 10 heteroatoms. The van der Waals surface area contributed by atoms with Crippen molar-refractivity contribution in [1.29, 1.82) is 0 Å². The van der Waals surface area contributed by atoms with Crippen LogP contribution in [0.1, 0.15) is 60.0 Å². The first kappa shape index (κ1) is 16.5. The third kappa shape index (κ3) is 3.95. The Labute approximate surface area is 142 Å². The van der Waals surface area contributed by atoms with Crippen molar-refractivity contribution in [2.45, 2.75) is 37.8 Å². The number of carbonyl (C=O) groups excluding carboxylic acids is 2. The molecule has 128 valence electrons. The lowest BCUT2D eigenvalue weighted by molar-refractivity contribution is -0.118. The van der Waals surface area contributed by atoms with Crippen molar-refractivity contribution in [2.75, 3.05) is 6.54 Å². The Kier molecular flexibility index (Phi) is 5.16. The molecule has 9 nitrogen and oxygen atoms in total. The molecule has 0 aromatic carbocycles. The van der Waals surface area contributed by atoms with Crippen molar-refractivity contribution in [3.05, 3.63) is 28.4 Å². The van der Waals surface area contributed by atoms with Crippen LogP contribution in [0.5, 0.6) is 0 Å². The van der Waals surface area contributed by atoms with Gasteiger partial charge in [-0.15, -0.1) is 21.5 Å². The van der Waals surface area contributed by atoms with Crippen molar-refractivity contribution < 1.29 is 14.0 Å². The zero-order chi connectivity index (χ0) is 16.9. The fourth-order valence-corrected chi connectivity index (χ4v) is 3.08. The lowest BCUT2D eigenvalue weighted by atomic mass is 10.1. The molecule has 2 aromatic heterocycles. The van der Waals surface area contributed by atoms with E-state index in [1.807, 2.05) is 0 Å². The standard InChI is InChI=1S/C14H18N6O3S/c15-11(21)5-9(18-12(22)10-6-24-7-17-10)14-20-19-13(23-14)8-3-1-2-4-16-8/h6-9,16H,1-5H2,(H2,15,21)(H,18,22)/t8-,9+/m1/s1. The fourth-order valence-electron chi connectivity index (χ4n) is 2.55. The highest BCUT2D eigenvalue weighted by Crippen LogP contribution is 2.24. The molecule has 0 saturated carbocycles. The molecule has 0 unspecified atom stereocenters. The van der Waals surface area contributed by atoms with Gasteiger partial charge in [-0.25, -0.2) is 4.98 Å². The molecule has 0 spiro atoms. The van der Waals surface area contributed by atoms with Crippen LogP contribution >= 0.6 is 11.3 Å². The molecule has 0 radical (unpaired) electrons. The third-order valence-electron chi connectivity index (χ3n) is 3.74. The van der Waals surface area contributed by atoms with Gasteiger partial charge < -0.3 is 20.8 Å². The largest absolute Gasteiger partial charge is 0.421 e. The molecule has 2 atom stereocenters. The molecule has 1 aliphatic rings. The summed E-state index contributed by atoms with van der Waals surface area (Å²) in [6.07, 6.45) is 2.98. The van der Waals surface area contributed by atoms with E-state index in [1.165, 1.54) is 11.3 Å². The lowest BCUT2D eigenvalue weighted by Gasteiger charge is -2.19. The first-order valence-electron chi connectivity index (χ1n) is 7.67. The summed E-state index contributed by atoms with van der Waals surface area (Å²) in [5.41, 5.74) is 7.09. The van der Waals surface area contributed by atoms with Crippen molar-refractivity contribution in [2.24, 2.45) is 5.73 Å². The topological polar surface area (TPSA) is 136 Å². The molecule has 1 saturated heterocycles. The van der Waals surface area contributed by atoms with Gasteiger partial charge in [-0.2, -0.15) is 0 Å². The molecule has 4 N–H and O–H groups in total. The number of carbonyl (C=O) groups is 2. The molecule has 3 heterocycles. The molecule has 24 heavy (non-hydrogen) atoms. The summed E-state index contributed by atoms with van der Waals surface area (Å²) in [6, 6.07) is -0.773. The van der Waals surface area contributed by atoms with Crippen LogP contribution in [-0.2, 0) is 4.79 Å². The minimum absolute atomic E-state index is 0.00321. The monoisotopic (exact) mass is 350 g/mol. The van der Waals surface area contributed by atoms with Gasteiger partial charge in [0.1, 0.15) is 11.7 Å². The fraction of sp³-hybridized carbons (Fsp3) is 0.500. The predicted molar refractivity (Wildman–Crippen MR) is 85.0 cm³/mol.